The van der Waals surface area contributed by atoms with Crippen LogP contribution in [0.4, 0.5) is 17.8 Å². The quantitative estimate of drug-likeness (QED) is 0.812. The van der Waals surface area contributed by atoms with E-state index in [9.17, 15) is 0 Å². The highest BCUT2D eigenvalue weighted by Gasteiger charge is 2.21. The molecule has 0 aromatic carbocycles. The highest BCUT2D eigenvalue weighted by molar-refractivity contribution is 5.44. The fourth-order valence-corrected chi connectivity index (χ4v) is 2.48. The molecule has 0 amide bonds. The fourth-order valence-electron chi connectivity index (χ4n) is 2.48. The molecule has 1 aliphatic heterocycles. The molecule has 7 heteroatoms. The van der Waals surface area contributed by atoms with Gasteiger partial charge in [-0.1, -0.05) is 6.92 Å². The maximum absolute atomic E-state index is 5.89. The predicted octanol–water partition coefficient (Wildman–Crippen LogP) is 1.31. The molecular weight excluding hydrogens is 268 g/mol. The van der Waals surface area contributed by atoms with Crippen molar-refractivity contribution in [3.8, 4) is 0 Å². The number of methoxy groups -OCH3 is 1. The van der Waals surface area contributed by atoms with Crippen LogP contribution in [0.2, 0.25) is 0 Å². The topological polar surface area (TPSA) is 80.4 Å². The number of anilines is 3. The molecule has 0 bridgehead atoms. The fraction of sp³-hybridized carbons (Fsp3) is 0.786. The van der Waals surface area contributed by atoms with Gasteiger partial charge in [0.2, 0.25) is 17.8 Å². The molecule has 1 saturated heterocycles. The molecule has 2 N–H and O–H groups in total. The van der Waals surface area contributed by atoms with Gasteiger partial charge in [-0.15, -0.1) is 0 Å². The molecular formula is C14H26N6O. The Hall–Kier alpha value is -1.63. The lowest BCUT2D eigenvalue weighted by atomic mass is 10.2. The Morgan fingerprint density at radius 2 is 2.00 bits per heavy atom. The second-order valence-corrected chi connectivity index (χ2v) is 5.43. The second-order valence-electron chi connectivity index (χ2n) is 5.43. The average Bonchev–Trinajstić information content (AvgIpc) is 3.01. The molecule has 7 nitrogen and oxygen atoms in total. The van der Waals surface area contributed by atoms with E-state index in [1.54, 1.807) is 7.11 Å². The van der Waals surface area contributed by atoms with Crippen molar-refractivity contribution in [3.63, 3.8) is 0 Å². The van der Waals surface area contributed by atoms with Crippen LogP contribution in [0, 0.1) is 0 Å². The maximum atomic E-state index is 5.89. The molecule has 0 saturated carbocycles. The Morgan fingerprint density at radius 1 is 1.29 bits per heavy atom. The zero-order valence-corrected chi connectivity index (χ0v) is 13.2. The number of ether oxygens (including phenoxy) is 1. The summed E-state index contributed by atoms with van der Waals surface area (Å²) in [5, 5.41) is 0. The van der Waals surface area contributed by atoms with Crippen LogP contribution in [0.5, 0.6) is 0 Å². The molecule has 0 aliphatic carbocycles. The normalized spacial score (nSPS) is 16.2. The number of nitrogen functional groups attached to an aromatic ring is 1. The molecule has 1 aliphatic rings. The number of hydrogen-bond donors (Lipinski definition) is 1. The monoisotopic (exact) mass is 294 g/mol. The number of aromatic nitrogens is 3. The molecule has 1 atom stereocenters. The molecule has 0 spiro atoms. The summed E-state index contributed by atoms with van der Waals surface area (Å²) in [7, 11) is 1.70. The molecule has 1 aromatic rings. The molecule has 1 aromatic heterocycles. The summed E-state index contributed by atoms with van der Waals surface area (Å²) in [5.41, 5.74) is 5.89. The molecule has 118 valence electrons. The van der Waals surface area contributed by atoms with Crippen molar-refractivity contribution in [2.75, 3.05) is 48.9 Å². The average molecular weight is 294 g/mol. The first-order valence-electron chi connectivity index (χ1n) is 7.67. The molecule has 2 heterocycles. The van der Waals surface area contributed by atoms with Gasteiger partial charge < -0.3 is 20.3 Å². The Morgan fingerprint density at radius 3 is 2.62 bits per heavy atom. The van der Waals surface area contributed by atoms with Gasteiger partial charge in [0.05, 0.1) is 6.61 Å². The van der Waals surface area contributed by atoms with Gasteiger partial charge in [-0.3, -0.25) is 0 Å². The highest BCUT2D eigenvalue weighted by atomic mass is 16.5. The Kier molecular flexibility index (Phi) is 5.55. The van der Waals surface area contributed by atoms with E-state index in [4.69, 9.17) is 10.5 Å². The van der Waals surface area contributed by atoms with Crippen molar-refractivity contribution >= 4 is 17.8 Å². The largest absolute Gasteiger partial charge is 0.383 e. The minimum Gasteiger partial charge on any atom is -0.383 e. The number of nitrogens with zero attached hydrogens (tertiary/aromatic N) is 5. The first-order chi connectivity index (χ1) is 10.2. The Balaban J connectivity index is 2.25. The van der Waals surface area contributed by atoms with Gasteiger partial charge in [-0.25, -0.2) is 0 Å². The van der Waals surface area contributed by atoms with Crippen LogP contribution in [-0.2, 0) is 4.74 Å². The third-order valence-electron chi connectivity index (χ3n) is 3.93. The summed E-state index contributed by atoms with van der Waals surface area (Å²) in [6.45, 7) is 7.67. The summed E-state index contributed by atoms with van der Waals surface area (Å²) in [4.78, 5) is 17.6. The first-order valence-corrected chi connectivity index (χ1v) is 7.67. The predicted molar refractivity (Wildman–Crippen MR) is 84.7 cm³/mol. The minimum absolute atomic E-state index is 0.285. The van der Waals surface area contributed by atoms with Crippen LogP contribution in [0.15, 0.2) is 0 Å². The van der Waals surface area contributed by atoms with Gasteiger partial charge in [0.25, 0.3) is 0 Å². The van der Waals surface area contributed by atoms with E-state index in [0.29, 0.717) is 24.5 Å². The summed E-state index contributed by atoms with van der Waals surface area (Å²) in [5.74, 6) is 1.63. The van der Waals surface area contributed by atoms with E-state index in [1.165, 1.54) is 12.8 Å². The zero-order chi connectivity index (χ0) is 15.2. The zero-order valence-electron chi connectivity index (χ0n) is 13.2. The van der Waals surface area contributed by atoms with Gasteiger partial charge >= 0.3 is 0 Å². The minimum atomic E-state index is 0.285. The smallest absolute Gasteiger partial charge is 0.232 e. The van der Waals surface area contributed by atoms with Crippen molar-refractivity contribution in [2.45, 2.75) is 39.2 Å². The molecule has 21 heavy (non-hydrogen) atoms. The van der Waals surface area contributed by atoms with Crippen LogP contribution >= 0.6 is 0 Å². The van der Waals surface area contributed by atoms with Crippen LogP contribution < -0.4 is 15.5 Å². The van der Waals surface area contributed by atoms with Gasteiger partial charge in [0.15, 0.2) is 0 Å². The Bertz CT molecular complexity index is 449. The van der Waals surface area contributed by atoms with Crippen LogP contribution in [0.3, 0.4) is 0 Å². The van der Waals surface area contributed by atoms with Crippen molar-refractivity contribution in [1.82, 2.24) is 15.0 Å². The molecule has 2 rings (SSSR count). The number of hydrogen-bond acceptors (Lipinski definition) is 7. The summed E-state index contributed by atoms with van der Waals surface area (Å²) in [6, 6.07) is 0.327. The lowest BCUT2D eigenvalue weighted by Crippen LogP contribution is -2.37. The highest BCUT2D eigenvalue weighted by Crippen LogP contribution is 2.21. The summed E-state index contributed by atoms with van der Waals surface area (Å²) >= 11 is 0. The summed E-state index contributed by atoms with van der Waals surface area (Å²) in [6.07, 6.45) is 3.37. The lowest BCUT2D eigenvalue weighted by Gasteiger charge is -2.29. The maximum Gasteiger partial charge on any atom is 0.232 e. The third-order valence-corrected chi connectivity index (χ3v) is 3.93. The first kappa shape index (κ1) is 15.8. The van der Waals surface area contributed by atoms with E-state index < -0.39 is 0 Å². The van der Waals surface area contributed by atoms with E-state index in [0.717, 1.165) is 26.1 Å². The van der Waals surface area contributed by atoms with Gasteiger partial charge in [-0.05, 0) is 26.2 Å². The van der Waals surface area contributed by atoms with Crippen molar-refractivity contribution in [3.05, 3.63) is 0 Å². The van der Waals surface area contributed by atoms with Crippen molar-refractivity contribution < 1.29 is 4.74 Å². The van der Waals surface area contributed by atoms with Crippen LogP contribution in [-0.4, -0.2) is 54.3 Å². The van der Waals surface area contributed by atoms with E-state index >= 15 is 0 Å². The van der Waals surface area contributed by atoms with Gasteiger partial charge in [0.1, 0.15) is 0 Å². The molecule has 0 radical (unpaired) electrons. The number of nitrogens with two attached hydrogens (primary N) is 1. The van der Waals surface area contributed by atoms with Gasteiger partial charge in [0, 0.05) is 32.8 Å². The third kappa shape index (κ3) is 3.93. The van der Waals surface area contributed by atoms with E-state index in [1.807, 2.05) is 0 Å². The second kappa shape index (κ2) is 7.40. The SMILES string of the molecule is CCC(C)N(CCOC)c1nc(N)nc(N2CCCC2)n1. The number of rotatable bonds is 7. The lowest BCUT2D eigenvalue weighted by molar-refractivity contribution is 0.203. The van der Waals surface area contributed by atoms with E-state index in [-0.39, 0.29) is 5.95 Å². The standard InChI is InChI=1S/C14H26N6O/c1-4-11(2)20(9-10-21-3)14-17-12(15)16-13(18-14)19-7-5-6-8-19/h11H,4-10H2,1-3H3,(H2,15,16,17,18). The van der Waals surface area contributed by atoms with Crippen molar-refractivity contribution in [1.29, 1.82) is 0 Å². The summed E-state index contributed by atoms with van der Waals surface area (Å²) < 4.78 is 5.19. The van der Waals surface area contributed by atoms with Gasteiger partial charge in [-0.2, -0.15) is 15.0 Å². The van der Waals surface area contributed by atoms with Crippen molar-refractivity contribution in [2.24, 2.45) is 0 Å². The molecule has 1 unspecified atom stereocenters. The van der Waals surface area contributed by atoms with Crippen LogP contribution in [0.1, 0.15) is 33.1 Å². The van der Waals surface area contributed by atoms with E-state index in [2.05, 4.69) is 38.6 Å². The Labute approximate surface area is 126 Å². The molecule has 1 fully saturated rings. The van der Waals surface area contributed by atoms with Crippen LogP contribution in [0.25, 0.3) is 0 Å².